The Hall–Kier alpha value is -1.22. The second-order valence-corrected chi connectivity index (χ2v) is 6.13. The van der Waals surface area contributed by atoms with Crippen LogP contribution in [0.5, 0.6) is 5.75 Å². The first-order valence-corrected chi connectivity index (χ1v) is 7.43. The number of ether oxygens (including phenoxy) is 1. The number of benzene rings is 1. The Kier molecular flexibility index (Phi) is 6.86. The summed E-state index contributed by atoms with van der Waals surface area (Å²) in [5.74, 6) is 2.13. The van der Waals surface area contributed by atoms with E-state index in [1.54, 1.807) is 24.3 Å². The number of rotatable bonds is 7. The Morgan fingerprint density at radius 2 is 1.70 bits per heavy atom. The first-order valence-electron chi connectivity index (χ1n) is 7.05. The Morgan fingerprint density at radius 1 is 1.15 bits per heavy atom. The quantitative estimate of drug-likeness (QED) is 0.832. The van der Waals surface area contributed by atoms with Crippen LogP contribution in [-0.4, -0.2) is 19.1 Å². The Balaban J connectivity index is 2.35. The van der Waals surface area contributed by atoms with E-state index in [0.717, 1.165) is 0 Å². The molecule has 0 fully saturated rings. The number of halogens is 1. The zero-order valence-corrected chi connectivity index (χ0v) is 13.4. The molecule has 1 aromatic rings. The van der Waals surface area contributed by atoms with Gasteiger partial charge in [0.25, 0.3) is 5.91 Å². The molecule has 1 amide bonds. The van der Waals surface area contributed by atoms with E-state index >= 15 is 0 Å². The van der Waals surface area contributed by atoms with E-state index < -0.39 is 0 Å². The van der Waals surface area contributed by atoms with Crippen LogP contribution < -0.4 is 10.1 Å². The molecule has 0 saturated heterocycles. The Morgan fingerprint density at radius 3 is 2.20 bits per heavy atom. The lowest BCUT2D eigenvalue weighted by Crippen LogP contribution is -2.36. The zero-order chi connectivity index (χ0) is 15.1. The molecule has 0 heterocycles. The largest absolute Gasteiger partial charge is 0.484 e. The van der Waals surface area contributed by atoms with Crippen LogP contribution >= 0.6 is 11.6 Å². The lowest BCUT2D eigenvalue weighted by Gasteiger charge is -2.25. The van der Waals surface area contributed by atoms with E-state index in [0.29, 0.717) is 35.1 Å². The fourth-order valence-corrected chi connectivity index (χ4v) is 2.33. The van der Waals surface area contributed by atoms with E-state index in [9.17, 15) is 4.79 Å². The molecule has 0 bridgehead atoms. The SMILES string of the molecule is CC(C)C(CNC(=O)COc1ccc(Cl)cc1)C(C)C. The third kappa shape index (κ3) is 5.83. The third-order valence-corrected chi connectivity index (χ3v) is 3.68. The van der Waals surface area contributed by atoms with Gasteiger partial charge in [0.2, 0.25) is 0 Å². The van der Waals surface area contributed by atoms with Crippen LogP contribution in [0, 0.1) is 17.8 Å². The van der Waals surface area contributed by atoms with Gasteiger partial charge in [-0.2, -0.15) is 0 Å². The fraction of sp³-hybridized carbons (Fsp3) is 0.562. The predicted molar refractivity (Wildman–Crippen MR) is 83.1 cm³/mol. The maximum Gasteiger partial charge on any atom is 0.257 e. The maximum atomic E-state index is 11.8. The van der Waals surface area contributed by atoms with Crippen molar-refractivity contribution in [3.63, 3.8) is 0 Å². The van der Waals surface area contributed by atoms with Crippen LogP contribution in [0.4, 0.5) is 0 Å². The zero-order valence-electron chi connectivity index (χ0n) is 12.7. The summed E-state index contributed by atoms with van der Waals surface area (Å²) < 4.78 is 5.41. The van der Waals surface area contributed by atoms with Crippen molar-refractivity contribution in [1.29, 1.82) is 0 Å². The van der Waals surface area contributed by atoms with Crippen molar-refractivity contribution < 1.29 is 9.53 Å². The van der Waals surface area contributed by atoms with Gasteiger partial charge in [0.15, 0.2) is 6.61 Å². The van der Waals surface area contributed by atoms with Crippen molar-refractivity contribution in [2.45, 2.75) is 27.7 Å². The minimum absolute atomic E-state index is 0.0323. The molecule has 0 aromatic heterocycles. The van der Waals surface area contributed by atoms with Gasteiger partial charge in [0.1, 0.15) is 5.75 Å². The molecule has 1 aromatic carbocycles. The summed E-state index contributed by atoms with van der Waals surface area (Å²) in [6.07, 6.45) is 0. The van der Waals surface area contributed by atoms with Crippen LogP contribution in [0.3, 0.4) is 0 Å². The van der Waals surface area contributed by atoms with Gasteiger partial charge in [0, 0.05) is 11.6 Å². The highest BCUT2D eigenvalue weighted by Gasteiger charge is 2.18. The second kappa shape index (κ2) is 8.15. The molecule has 20 heavy (non-hydrogen) atoms. The van der Waals surface area contributed by atoms with Gasteiger partial charge in [-0.3, -0.25) is 4.79 Å². The molecule has 0 aliphatic carbocycles. The van der Waals surface area contributed by atoms with Gasteiger partial charge in [-0.05, 0) is 42.0 Å². The van der Waals surface area contributed by atoms with Crippen molar-refractivity contribution in [2.24, 2.45) is 17.8 Å². The molecule has 0 unspecified atom stereocenters. The molecular weight excluding hydrogens is 274 g/mol. The van der Waals surface area contributed by atoms with Crippen LogP contribution in [0.2, 0.25) is 5.02 Å². The molecule has 4 heteroatoms. The number of nitrogens with one attached hydrogen (secondary N) is 1. The molecule has 112 valence electrons. The van der Waals surface area contributed by atoms with E-state index in [-0.39, 0.29) is 12.5 Å². The summed E-state index contributed by atoms with van der Waals surface area (Å²) in [5.41, 5.74) is 0. The van der Waals surface area contributed by atoms with E-state index in [4.69, 9.17) is 16.3 Å². The molecule has 0 atom stereocenters. The lowest BCUT2D eigenvalue weighted by atomic mass is 9.85. The molecule has 0 aliphatic rings. The van der Waals surface area contributed by atoms with Crippen LogP contribution in [0.25, 0.3) is 0 Å². The first kappa shape index (κ1) is 16.8. The van der Waals surface area contributed by atoms with E-state index in [1.807, 2.05) is 0 Å². The summed E-state index contributed by atoms with van der Waals surface area (Å²) in [4.78, 5) is 11.8. The van der Waals surface area contributed by atoms with Crippen LogP contribution in [0.15, 0.2) is 24.3 Å². The normalized spacial score (nSPS) is 11.2. The fourth-order valence-electron chi connectivity index (χ4n) is 2.20. The molecular formula is C16H24ClNO2. The summed E-state index contributed by atoms with van der Waals surface area (Å²) in [6, 6.07) is 6.98. The van der Waals surface area contributed by atoms with Crippen LogP contribution in [0.1, 0.15) is 27.7 Å². The number of carbonyl (C=O) groups excluding carboxylic acids is 1. The number of carbonyl (C=O) groups is 1. The molecule has 1 rings (SSSR count). The molecule has 0 spiro atoms. The number of hydrogen-bond acceptors (Lipinski definition) is 2. The smallest absolute Gasteiger partial charge is 0.257 e. The van der Waals surface area contributed by atoms with Gasteiger partial charge in [-0.15, -0.1) is 0 Å². The highest BCUT2D eigenvalue weighted by Crippen LogP contribution is 2.19. The molecule has 3 nitrogen and oxygen atoms in total. The molecule has 0 saturated carbocycles. The maximum absolute atomic E-state index is 11.8. The average Bonchev–Trinajstić information content (AvgIpc) is 2.37. The van der Waals surface area contributed by atoms with Crippen molar-refractivity contribution in [2.75, 3.05) is 13.2 Å². The minimum Gasteiger partial charge on any atom is -0.484 e. The molecule has 0 aliphatic heterocycles. The van der Waals surface area contributed by atoms with Gasteiger partial charge in [0.05, 0.1) is 0 Å². The minimum atomic E-state index is -0.0914. The third-order valence-electron chi connectivity index (χ3n) is 3.43. The standard InChI is InChI=1S/C16H24ClNO2/c1-11(2)15(12(3)4)9-18-16(19)10-20-14-7-5-13(17)6-8-14/h5-8,11-12,15H,9-10H2,1-4H3,(H,18,19). The summed E-state index contributed by atoms with van der Waals surface area (Å²) in [7, 11) is 0. The molecule has 0 radical (unpaired) electrons. The summed E-state index contributed by atoms with van der Waals surface area (Å²) >= 11 is 5.78. The van der Waals surface area contributed by atoms with Gasteiger partial charge in [-0.1, -0.05) is 39.3 Å². The van der Waals surface area contributed by atoms with Gasteiger partial charge >= 0.3 is 0 Å². The highest BCUT2D eigenvalue weighted by atomic mass is 35.5. The first-order chi connectivity index (χ1) is 9.40. The van der Waals surface area contributed by atoms with Crippen molar-refractivity contribution in [1.82, 2.24) is 5.32 Å². The van der Waals surface area contributed by atoms with Crippen molar-refractivity contribution >= 4 is 17.5 Å². The lowest BCUT2D eigenvalue weighted by molar-refractivity contribution is -0.123. The highest BCUT2D eigenvalue weighted by molar-refractivity contribution is 6.30. The summed E-state index contributed by atoms with van der Waals surface area (Å²) in [5, 5.41) is 3.59. The second-order valence-electron chi connectivity index (χ2n) is 5.70. The van der Waals surface area contributed by atoms with Crippen LogP contribution in [-0.2, 0) is 4.79 Å². The molecule has 1 N–H and O–H groups in total. The Bertz CT molecular complexity index is 407. The topological polar surface area (TPSA) is 38.3 Å². The average molecular weight is 298 g/mol. The predicted octanol–water partition coefficient (Wildman–Crippen LogP) is 3.76. The van der Waals surface area contributed by atoms with Crippen molar-refractivity contribution in [3.8, 4) is 5.75 Å². The Labute approximate surface area is 126 Å². The van der Waals surface area contributed by atoms with Crippen molar-refractivity contribution in [3.05, 3.63) is 29.3 Å². The van der Waals surface area contributed by atoms with E-state index in [1.165, 1.54) is 0 Å². The number of hydrogen-bond donors (Lipinski definition) is 1. The summed E-state index contributed by atoms with van der Waals surface area (Å²) in [6.45, 7) is 9.45. The van der Waals surface area contributed by atoms with E-state index in [2.05, 4.69) is 33.0 Å². The van der Waals surface area contributed by atoms with Gasteiger partial charge in [-0.25, -0.2) is 0 Å². The monoisotopic (exact) mass is 297 g/mol. The number of amides is 1. The van der Waals surface area contributed by atoms with Gasteiger partial charge < -0.3 is 10.1 Å².